The summed E-state index contributed by atoms with van der Waals surface area (Å²) in [5, 5.41) is 25.5. The molecule has 0 radical (unpaired) electrons. The number of aryl methyl sites for hydroxylation is 1. The first kappa shape index (κ1) is 19.6. The molecule has 28 heavy (non-hydrogen) atoms. The van der Waals surface area contributed by atoms with Crippen LogP contribution in [0.5, 0.6) is 5.75 Å². The molecule has 8 heteroatoms. The van der Waals surface area contributed by atoms with E-state index in [2.05, 4.69) is 10.5 Å². The molecule has 142 valence electrons. The Kier molecular flexibility index (Phi) is 5.77. The lowest BCUT2D eigenvalue weighted by Crippen LogP contribution is -2.17. The first-order valence-electron chi connectivity index (χ1n) is 8.10. The molecule has 3 N–H and O–H groups in total. The summed E-state index contributed by atoms with van der Waals surface area (Å²) < 4.78 is 0. The van der Waals surface area contributed by atoms with Gasteiger partial charge in [0.15, 0.2) is 0 Å². The van der Waals surface area contributed by atoms with E-state index >= 15 is 0 Å². The minimum atomic E-state index is -1.07. The number of carboxylic acid groups (broad SMARTS) is 1. The Hall–Kier alpha value is -3.16. The van der Waals surface area contributed by atoms with Gasteiger partial charge in [-0.25, -0.2) is 10.2 Å². The average Bonchev–Trinajstić information content (AvgIpc) is 3.04. The summed E-state index contributed by atoms with van der Waals surface area (Å²) >= 11 is 7.48. The Bertz CT molecular complexity index is 1070. The Morgan fingerprint density at radius 2 is 1.82 bits per heavy atom. The number of hydrazone groups is 1. The van der Waals surface area contributed by atoms with Crippen molar-refractivity contribution in [3.63, 3.8) is 0 Å². The van der Waals surface area contributed by atoms with E-state index in [1.165, 1.54) is 41.8 Å². The van der Waals surface area contributed by atoms with Crippen molar-refractivity contribution < 1.29 is 19.8 Å². The van der Waals surface area contributed by atoms with Crippen LogP contribution < -0.4 is 5.43 Å². The maximum absolute atomic E-state index is 12.1. The summed E-state index contributed by atoms with van der Waals surface area (Å²) in [5.41, 5.74) is 4.90. The largest absolute Gasteiger partial charge is 0.506 e. The number of carbonyl (C=O) groups is 2. The van der Waals surface area contributed by atoms with E-state index in [1.54, 1.807) is 11.4 Å². The number of rotatable bonds is 5. The van der Waals surface area contributed by atoms with Crippen molar-refractivity contribution in [2.75, 3.05) is 0 Å². The maximum Gasteiger partial charge on any atom is 0.335 e. The third-order valence-corrected chi connectivity index (χ3v) is 5.43. The van der Waals surface area contributed by atoms with E-state index in [4.69, 9.17) is 16.7 Å². The zero-order chi connectivity index (χ0) is 20.3. The smallest absolute Gasteiger partial charge is 0.335 e. The monoisotopic (exact) mass is 414 g/mol. The number of aromatic carboxylic acids is 1. The predicted octanol–water partition coefficient (Wildman–Crippen LogP) is 4.54. The van der Waals surface area contributed by atoms with Crippen LogP contribution in [-0.4, -0.2) is 28.3 Å². The number of carboxylic acids is 1. The summed E-state index contributed by atoms with van der Waals surface area (Å²) in [6.45, 7) is 1.90. The number of amides is 1. The van der Waals surface area contributed by atoms with Gasteiger partial charge in [-0.3, -0.25) is 4.79 Å². The fourth-order valence-corrected chi connectivity index (χ4v) is 3.48. The Balaban J connectivity index is 1.71. The molecule has 0 saturated carbocycles. The van der Waals surface area contributed by atoms with Gasteiger partial charge in [0.25, 0.3) is 5.91 Å². The van der Waals surface area contributed by atoms with E-state index in [-0.39, 0.29) is 16.9 Å². The van der Waals surface area contributed by atoms with E-state index in [9.17, 15) is 14.7 Å². The molecule has 1 heterocycles. The van der Waals surface area contributed by atoms with Crippen molar-refractivity contribution >= 4 is 41.0 Å². The van der Waals surface area contributed by atoms with Crippen molar-refractivity contribution in [2.24, 2.45) is 5.10 Å². The number of nitrogens with zero attached hydrogens (tertiary/aromatic N) is 1. The highest BCUT2D eigenvalue weighted by molar-refractivity contribution is 7.14. The predicted molar refractivity (Wildman–Crippen MR) is 110 cm³/mol. The number of benzene rings is 2. The first-order chi connectivity index (χ1) is 13.4. The summed E-state index contributed by atoms with van der Waals surface area (Å²) in [6, 6.07) is 11.0. The first-order valence-corrected chi connectivity index (χ1v) is 9.36. The second kappa shape index (κ2) is 8.24. The lowest BCUT2D eigenvalue weighted by molar-refractivity contribution is 0.0696. The zero-order valence-electron chi connectivity index (χ0n) is 14.6. The third kappa shape index (κ3) is 4.21. The van der Waals surface area contributed by atoms with Crippen LogP contribution in [0.2, 0.25) is 5.02 Å². The van der Waals surface area contributed by atoms with Gasteiger partial charge in [0, 0.05) is 21.5 Å². The number of carbonyl (C=O) groups excluding carboxylic acids is 1. The van der Waals surface area contributed by atoms with E-state index in [0.717, 1.165) is 11.1 Å². The molecule has 6 nitrogen and oxygen atoms in total. The second-order valence-electron chi connectivity index (χ2n) is 5.91. The molecule has 0 fully saturated rings. The highest BCUT2D eigenvalue weighted by Crippen LogP contribution is 2.38. The number of halogens is 1. The van der Waals surface area contributed by atoms with E-state index in [1.807, 2.05) is 19.1 Å². The number of hydrogen-bond donors (Lipinski definition) is 3. The quantitative estimate of drug-likeness (QED) is 0.421. The lowest BCUT2D eigenvalue weighted by Gasteiger charge is -2.03. The number of aromatic hydroxyl groups is 1. The zero-order valence-corrected chi connectivity index (χ0v) is 16.2. The highest BCUT2D eigenvalue weighted by atomic mass is 35.5. The van der Waals surface area contributed by atoms with Crippen LogP contribution in [0.4, 0.5) is 0 Å². The normalized spacial score (nSPS) is 10.9. The van der Waals surface area contributed by atoms with Gasteiger partial charge in [-0.05, 0) is 48.4 Å². The Morgan fingerprint density at radius 1 is 1.14 bits per heavy atom. The molecule has 0 spiro atoms. The Labute approximate surface area is 169 Å². The maximum atomic E-state index is 12.1. The summed E-state index contributed by atoms with van der Waals surface area (Å²) in [6.07, 6.45) is 1.34. The molecule has 0 atom stereocenters. The lowest BCUT2D eigenvalue weighted by atomic mass is 10.1. The van der Waals surface area contributed by atoms with E-state index in [0.29, 0.717) is 15.5 Å². The van der Waals surface area contributed by atoms with Gasteiger partial charge in [0.05, 0.1) is 16.7 Å². The third-order valence-electron chi connectivity index (χ3n) is 3.99. The fraction of sp³-hybridized carbons (Fsp3) is 0.0500. The van der Waals surface area contributed by atoms with Gasteiger partial charge in [0.2, 0.25) is 0 Å². The van der Waals surface area contributed by atoms with Crippen molar-refractivity contribution in [3.05, 3.63) is 75.1 Å². The molecular weight excluding hydrogens is 400 g/mol. The van der Waals surface area contributed by atoms with Crippen LogP contribution in [0.3, 0.4) is 0 Å². The van der Waals surface area contributed by atoms with Crippen LogP contribution in [0, 0.1) is 6.92 Å². The summed E-state index contributed by atoms with van der Waals surface area (Å²) in [4.78, 5) is 23.5. The number of thiophene rings is 1. The minimum absolute atomic E-state index is 0.0497. The second-order valence-corrected chi connectivity index (χ2v) is 7.20. The van der Waals surface area contributed by atoms with Crippen LogP contribution in [0.25, 0.3) is 10.4 Å². The molecule has 1 aromatic heterocycles. The van der Waals surface area contributed by atoms with Gasteiger partial charge in [-0.15, -0.1) is 11.3 Å². The van der Waals surface area contributed by atoms with Crippen LogP contribution in [0.15, 0.2) is 52.9 Å². The van der Waals surface area contributed by atoms with E-state index < -0.39 is 11.9 Å². The molecular formula is C20H15ClN2O4S. The van der Waals surface area contributed by atoms with Gasteiger partial charge >= 0.3 is 5.97 Å². The molecule has 0 aliphatic carbocycles. The van der Waals surface area contributed by atoms with Crippen molar-refractivity contribution in [1.29, 1.82) is 0 Å². The van der Waals surface area contributed by atoms with Gasteiger partial charge in [-0.2, -0.15) is 5.10 Å². The molecule has 0 aliphatic heterocycles. The average molecular weight is 415 g/mol. The van der Waals surface area contributed by atoms with Crippen LogP contribution in [0.1, 0.15) is 31.8 Å². The molecule has 1 amide bonds. The molecule has 0 unspecified atom stereocenters. The van der Waals surface area contributed by atoms with Crippen molar-refractivity contribution in [1.82, 2.24) is 5.43 Å². The summed E-state index contributed by atoms with van der Waals surface area (Å²) in [7, 11) is 0. The molecule has 3 rings (SSSR count). The molecule has 2 aromatic carbocycles. The number of nitrogens with one attached hydrogen (secondary N) is 1. The number of hydrogen-bond acceptors (Lipinski definition) is 5. The van der Waals surface area contributed by atoms with Crippen molar-refractivity contribution in [2.45, 2.75) is 6.92 Å². The molecule has 0 aliphatic rings. The minimum Gasteiger partial charge on any atom is -0.506 e. The molecule has 3 aromatic rings. The standard InChI is InChI=1S/C20H15ClN2O4S/c1-11-2-3-14(8-16(11)21)18-17(24)15(10-28-18)9-22-23-19(25)12-4-6-13(7-5-12)20(26)27/h2-10,24H,1H3,(H,23,25)(H,26,27)/b22-9+. The topological polar surface area (TPSA) is 99.0 Å². The van der Waals surface area contributed by atoms with Gasteiger partial charge in [-0.1, -0.05) is 23.7 Å². The SMILES string of the molecule is Cc1ccc(-c2scc(/C=N/NC(=O)c3ccc(C(=O)O)cc3)c2O)cc1Cl. The Morgan fingerprint density at radius 3 is 2.46 bits per heavy atom. The van der Waals surface area contributed by atoms with Gasteiger partial charge < -0.3 is 10.2 Å². The summed E-state index contributed by atoms with van der Waals surface area (Å²) in [5.74, 6) is -1.51. The molecule has 0 saturated heterocycles. The van der Waals surface area contributed by atoms with Crippen LogP contribution >= 0.6 is 22.9 Å². The van der Waals surface area contributed by atoms with Gasteiger partial charge in [0.1, 0.15) is 5.75 Å². The highest BCUT2D eigenvalue weighted by Gasteiger charge is 2.12. The fourth-order valence-electron chi connectivity index (χ4n) is 2.38. The van der Waals surface area contributed by atoms with Crippen molar-refractivity contribution in [3.8, 4) is 16.2 Å². The molecule has 0 bridgehead atoms. The van der Waals surface area contributed by atoms with Crippen LogP contribution in [-0.2, 0) is 0 Å².